The van der Waals surface area contributed by atoms with Gasteiger partial charge < -0.3 is 18.8 Å². The minimum absolute atomic E-state index is 0.00826. The van der Waals surface area contributed by atoms with Crippen LogP contribution in [0.5, 0.6) is 5.75 Å². The van der Waals surface area contributed by atoms with E-state index in [1.54, 1.807) is 24.3 Å². The number of nitrogens with zero attached hydrogens (tertiary/aromatic N) is 7. The zero-order valence-corrected chi connectivity index (χ0v) is 64.3. The van der Waals surface area contributed by atoms with E-state index in [-0.39, 0.29) is 85.2 Å². The van der Waals surface area contributed by atoms with Gasteiger partial charge in [0.2, 0.25) is 53.1 Å². The number of fused-ring (bicyclic) bond motifs is 8. The summed E-state index contributed by atoms with van der Waals surface area (Å²) in [7, 11) is -1.46. The molecule has 2 N–H and O–H groups in total. The molecule has 530 valence electrons. The number of hydrogen-bond donors (Lipinski definition) is 2. The molecule has 4 atom stereocenters. The Morgan fingerprint density at radius 1 is 0.634 bits per heavy atom. The Hall–Kier alpha value is -7.84. The van der Waals surface area contributed by atoms with Crippen molar-refractivity contribution in [3.05, 3.63) is 156 Å². The first-order valence-corrected chi connectivity index (χ1v) is 40.1. The molecule has 1 aromatic heterocycles. The highest BCUT2D eigenvalue weighted by molar-refractivity contribution is 9.11. The van der Waals surface area contributed by atoms with Crippen LogP contribution in [-0.4, -0.2) is 130 Å². The van der Waals surface area contributed by atoms with Crippen LogP contribution in [0.1, 0.15) is 168 Å². The summed E-state index contributed by atoms with van der Waals surface area (Å²) < 4.78 is 19.1. The van der Waals surface area contributed by atoms with E-state index in [1.165, 1.54) is 20.9 Å². The number of imide groups is 4. The van der Waals surface area contributed by atoms with Crippen LogP contribution in [0.3, 0.4) is 0 Å². The topological polar surface area (TPSA) is 283 Å². The molecule has 4 saturated heterocycles. The summed E-state index contributed by atoms with van der Waals surface area (Å²) in [6, 6.07) is 32.4. The van der Waals surface area contributed by atoms with E-state index < -0.39 is 30.0 Å². The van der Waals surface area contributed by atoms with Crippen LogP contribution in [0.2, 0.25) is 18.1 Å². The molecule has 0 saturated carbocycles. The van der Waals surface area contributed by atoms with E-state index in [4.69, 9.17) is 13.7 Å². The molecule has 4 spiro atoms. The van der Waals surface area contributed by atoms with E-state index in [1.807, 2.05) is 94.4 Å². The standard InChI is InChI=1S/C26H24N4O5.C16H16N2O2.C15H16BrNO2.C12H10BrNO2.C8H19BrOSi/c1-15(2)34-21-7-6-16(12-17(21)14-27)24-28-23(29-35-24)19-4-3-5-20-18(19)8-9-26(20)13-22(32)30(10-11-31)25(26)33;1-2-8-18-14(19)9-16(15(18)20)7-6-12-11(10-17)4-3-5-13(12)16;1-2-8-17-13(18)9-15(14(17)19)7-6-10-11(15)4-3-5-12(10)16;13-9-3-1-2-8-7(9)4-5-12(8)6-10(15)14-11(12)16;1-8(2,3)11(4,5)10-7-6-9/h3-7,12,15,31H,8-11,13H2,1-2H3;3-5H,2,6-9H2,1H3;3-5H,2,6-9H2,1H3;1-3H,4-6H2,(H,14,15,16);6-7H2,1-5H3. The fourth-order valence-electron chi connectivity index (χ4n) is 15.3. The Morgan fingerprint density at radius 3 is 1.57 bits per heavy atom. The smallest absolute Gasteiger partial charge is 0.258 e. The van der Waals surface area contributed by atoms with Crippen molar-refractivity contribution < 1.29 is 57.1 Å². The van der Waals surface area contributed by atoms with Gasteiger partial charge in [-0.1, -0.05) is 142 Å². The maximum atomic E-state index is 13.2. The number of aromatic nitrogens is 2. The second-order valence-electron chi connectivity index (χ2n) is 28.7. The number of hydrogen-bond acceptors (Lipinski definition) is 16. The summed E-state index contributed by atoms with van der Waals surface area (Å²) in [5, 5.41) is 35.8. The maximum Gasteiger partial charge on any atom is 0.258 e. The normalized spacial score (nSPS) is 22.0. The average Bonchev–Trinajstić information content (AvgIpc) is 1.59. The summed E-state index contributed by atoms with van der Waals surface area (Å²) in [6.07, 6.45) is 8.22. The summed E-state index contributed by atoms with van der Waals surface area (Å²) >= 11 is 10.4. The zero-order valence-electron chi connectivity index (χ0n) is 58.6. The summed E-state index contributed by atoms with van der Waals surface area (Å²) in [4.78, 5) is 107. The second-order valence-corrected chi connectivity index (χ2v) is 36.0. The van der Waals surface area contributed by atoms with Crippen molar-refractivity contribution in [2.45, 2.75) is 184 Å². The fourth-order valence-corrected chi connectivity index (χ4v) is 18.0. The summed E-state index contributed by atoms with van der Waals surface area (Å²) in [6.45, 7) is 20.7. The van der Waals surface area contributed by atoms with Crippen LogP contribution >= 0.6 is 47.8 Å². The zero-order chi connectivity index (χ0) is 73.1. The van der Waals surface area contributed by atoms with E-state index in [2.05, 4.69) is 109 Å². The molecule has 20 nitrogen and oxygen atoms in total. The molecule has 5 aromatic carbocycles. The van der Waals surface area contributed by atoms with Gasteiger partial charge in [-0.2, -0.15) is 15.5 Å². The maximum absolute atomic E-state index is 13.2. The van der Waals surface area contributed by atoms with Crippen molar-refractivity contribution in [1.82, 2.24) is 30.2 Å². The molecule has 8 aliphatic rings. The number of carbonyl (C=O) groups is 8. The molecule has 6 aromatic rings. The van der Waals surface area contributed by atoms with E-state index in [0.29, 0.717) is 84.9 Å². The van der Waals surface area contributed by atoms with Gasteiger partial charge in [-0.3, -0.25) is 58.4 Å². The second kappa shape index (κ2) is 30.6. The minimum atomic E-state index is -1.46. The van der Waals surface area contributed by atoms with Crippen molar-refractivity contribution in [2.24, 2.45) is 0 Å². The number of amides is 8. The number of rotatable bonds is 13. The molecular weight excluding hydrogens is 1500 g/mol. The van der Waals surface area contributed by atoms with Crippen LogP contribution < -0.4 is 10.1 Å². The fraction of sp³-hybridized carbons (Fsp3) is 0.455. The van der Waals surface area contributed by atoms with Gasteiger partial charge in [0.25, 0.3) is 5.89 Å². The lowest BCUT2D eigenvalue weighted by molar-refractivity contribution is -0.141. The molecular formula is C77H85Br3N8O12Si. The number of aliphatic hydroxyl groups is 1. The first-order chi connectivity index (χ1) is 48.1. The first-order valence-electron chi connectivity index (χ1n) is 34.5. The lowest BCUT2D eigenvalue weighted by atomic mass is 9.80. The summed E-state index contributed by atoms with van der Waals surface area (Å²) in [5.41, 5.74) is 7.60. The summed E-state index contributed by atoms with van der Waals surface area (Å²) in [5.74, 6) is 0.172. The first kappa shape index (κ1) is 75.8. The number of β-amino-alcohol motifs (C(OH)–C–C–N with tert-alkyl or cyclic N) is 1. The Morgan fingerprint density at radius 2 is 1.10 bits per heavy atom. The lowest BCUT2D eigenvalue weighted by Crippen LogP contribution is -2.41. The molecule has 4 aliphatic heterocycles. The van der Waals surface area contributed by atoms with Gasteiger partial charge in [0.15, 0.2) is 8.32 Å². The number of nitrogens with one attached hydrogen (secondary N) is 1. The highest BCUT2D eigenvalue weighted by Crippen LogP contribution is 2.52. The number of carbonyl (C=O) groups excluding carboxylic acids is 8. The Kier molecular flexibility index (Phi) is 23.0. The number of benzene rings is 5. The number of nitriles is 2. The van der Waals surface area contributed by atoms with Gasteiger partial charge in [0.1, 0.15) is 11.8 Å². The molecule has 0 radical (unpaired) electrons. The number of aliphatic hydroxyl groups excluding tert-OH is 1. The predicted octanol–water partition coefficient (Wildman–Crippen LogP) is 12.8. The molecule has 24 heteroatoms. The third-order valence-electron chi connectivity index (χ3n) is 21.3. The molecule has 5 heterocycles. The van der Waals surface area contributed by atoms with Crippen molar-refractivity contribution in [2.75, 3.05) is 38.2 Å². The number of ether oxygens (including phenoxy) is 1. The molecule has 4 aliphatic carbocycles. The number of alkyl halides is 1. The monoisotopic (exact) mass is 1580 g/mol. The Bertz CT molecular complexity index is 4380. The number of halogens is 3. The largest absolute Gasteiger partial charge is 0.490 e. The quantitative estimate of drug-likeness (QED) is 0.0617. The highest BCUT2D eigenvalue weighted by Gasteiger charge is 2.58. The van der Waals surface area contributed by atoms with Crippen molar-refractivity contribution in [3.63, 3.8) is 0 Å². The van der Waals surface area contributed by atoms with Crippen LogP contribution in [0.25, 0.3) is 22.8 Å². The van der Waals surface area contributed by atoms with Crippen LogP contribution in [-0.2, 0) is 90.1 Å². The SMILES string of the molecule is CC(C)(C)[Si](C)(C)OCCBr.CC(C)Oc1ccc(-c2nc(-c3cccc4c3CCC43CC(=O)N(CCO)C3=O)no2)cc1C#N.CCCN1C(=O)CC2(CCc3c(Br)cccc32)C1=O.CCCN1C(=O)CC2(CCc3c(C#N)cccc32)C1=O.O=C1CC2(CCc3c(Br)cccc32)C(=O)N1. The van der Waals surface area contributed by atoms with Gasteiger partial charge in [-0.05, 0) is 177 Å². The molecule has 0 bridgehead atoms. The molecule has 8 amide bonds. The molecule has 4 unspecified atom stereocenters. The number of likely N-dealkylation sites (tertiary alicyclic amines) is 3. The van der Waals surface area contributed by atoms with Gasteiger partial charge in [0, 0.05) is 70.8 Å². The molecule has 4 fully saturated rings. The van der Waals surface area contributed by atoms with E-state index in [0.717, 1.165) is 103 Å². The van der Waals surface area contributed by atoms with Gasteiger partial charge in [0.05, 0.1) is 58.1 Å². The third-order valence-corrected chi connectivity index (χ3v) is 27.6. The molecule has 101 heavy (non-hydrogen) atoms. The van der Waals surface area contributed by atoms with Crippen LogP contribution in [0.4, 0.5) is 0 Å². The Labute approximate surface area is 615 Å². The van der Waals surface area contributed by atoms with Crippen LogP contribution in [0.15, 0.2) is 104 Å². The minimum Gasteiger partial charge on any atom is -0.490 e. The third kappa shape index (κ3) is 14.3. The van der Waals surface area contributed by atoms with E-state index >= 15 is 0 Å². The van der Waals surface area contributed by atoms with Gasteiger partial charge in [-0.15, -0.1) is 0 Å². The van der Waals surface area contributed by atoms with Gasteiger partial charge in [-0.25, -0.2) is 0 Å². The highest BCUT2D eigenvalue weighted by atomic mass is 79.9. The van der Waals surface area contributed by atoms with Gasteiger partial charge >= 0.3 is 0 Å². The average molecular weight is 1580 g/mol. The van der Waals surface area contributed by atoms with E-state index in [9.17, 15) is 54.0 Å². The van der Waals surface area contributed by atoms with Crippen LogP contribution in [0, 0.1) is 22.7 Å². The van der Waals surface area contributed by atoms with Crippen molar-refractivity contribution >= 4 is 103 Å². The Balaban J connectivity index is 0.000000144. The lowest BCUT2D eigenvalue weighted by Gasteiger charge is -2.35. The predicted molar refractivity (Wildman–Crippen MR) is 391 cm³/mol. The molecule has 14 rings (SSSR count). The van der Waals surface area contributed by atoms with Crippen molar-refractivity contribution in [1.29, 1.82) is 10.5 Å². The van der Waals surface area contributed by atoms with Crippen molar-refractivity contribution in [3.8, 4) is 40.7 Å².